The molecule has 0 unspecified atom stereocenters. The number of benzene rings is 4. The van der Waals surface area contributed by atoms with Crippen LogP contribution in [0, 0.1) is 0 Å². The number of carboxylic acid groups (broad SMARTS) is 1. The fraction of sp³-hybridized carbons (Fsp3) is 0.189. The number of aliphatic carboxylic acids is 1. The first kappa shape index (κ1) is 37.9. The van der Waals surface area contributed by atoms with Crippen molar-refractivity contribution in [1.29, 1.82) is 0 Å². The van der Waals surface area contributed by atoms with Crippen molar-refractivity contribution in [2.75, 3.05) is 7.11 Å². The van der Waals surface area contributed by atoms with Crippen LogP contribution in [0.5, 0.6) is 51.7 Å². The van der Waals surface area contributed by atoms with Crippen molar-refractivity contribution in [3.8, 4) is 51.7 Å². The summed E-state index contributed by atoms with van der Waals surface area (Å²) >= 11 is 0. The number of carbonyl (C=O) groups excluding carboxylic acids is 3. The number of rotatable bonds is 12. The van der Waals surface area contributed by atoms with E-state index < -0.39 is 107 Å². The van der Waals surface area contributed by atoms with E-state index in [1.165, 1.54) is 24.3 Å². The van der Waals surface area contributed by atoms with E-state index in [2.05, 4.69) is 0 Å². The summed E-state index contributed by atoms with van der Waals surface area (Å²) in [6, 6.07) is 11.5. The normalized spacial score (nSPS) is 15.8. The van der Waals surface area contributed by atoms with Gasteiger partial charge in [0.1, 0.15) is 12.0 Å². The molecular weight excluding hydrogens is 716 g/mol. The molecule has 1 aliphatic rings. The van der Waals surface area contributed by atoms with Gasteiger partial charge >= 0.3 is 23.9 Å². The second kappa shape index (κ2) is 15.5. The van der Waals surface area contributed by atoms with Gasteiger partial charge in [-0.3, -0.25) is 4.79 Å². The van der Waals surface area contributed by atoms with Crippen LogP contribution in [0.4, 0.5) is 0 Å². The van der Waals surface area contributed by atoms with Crippen LogP contribution >= 0.6 is 0 Å². The Kier molecular flexibility index (Phi) is 10.9. The number of fused-ring (bicyclic) bond motifs is 1. The third-order valence-corrected chi connectivity index (χ3v) is 8.32. The highest BCUT2D eigenvalue weighted by atomic mass is 16.6. The number of phenolic OH excluding ortho intramolecular Hbond substituents is 8. The number of carboxylic acids is 1. The Bertz CT molecular complexity index is 2130. The molecular formula is C37H32O17. The smallest absolute Gasteiger partial charge is 0.347 e. The van der Waals surface area contributed by atoms with Crippen molar-refractivity contribution in [3.05, 3.63) is 94.6 Å². The van der Waals surface area contributed by atoms with E-state index in [4.69, 9.17) is 18.9 Å². The number of phenols is 8. The van der Waals surface area contributed by atoms with Gasteiger partial charge in [-0.05, 0) is 70.8 Å². The number of aromatic hydroxyl groups is 8. The van der Waals surface area contributed by atoms with Crippen LogP contribution < -0.4 is 4.74 Å². The van der Waals surface area contributed by atoms with Crippen molar-refractivity contribution in [2.45, 2.75) is 37.1 Å². The molecule has 17 nitrogen and oxygen atoms in total. The van der Waals surface area contributed by atoms with Crippen LogP contribution in [0.25, 0.3) is 6.08 Å². The van der Waals surface area contributed by atoms with Gasteiger partial charge in [0.15, 0.2) is 51.7 Å². The van der Waals surface area contributed by atoms with E-state index in [9.17, 15) is 65.1 Å². The largest absolute Gasteiger partial charge is 0.504 e. The highest BCUT2D eigenvalue weighted by Gasteiger charge is 2.46. The highest BCUT2D eigenvalue weighted by molar-refractivity contribution is 5.92. The summed E-state index contributed by atoms with van der Waals surface area (Å²) in [6.07, 6.45) is -3.72. The van der Waals surface area contributed by atoms with Gasteiger partial charge < -0.3 is 64.9 Å². The van der Waals surface area contributed by atoms with E-state index in [-0.39, 0.29) is 33.6 Å². The minimum atomic E-state index is -1.85. The molecule has 0 radical (unpaired) electrons. The van der Waals surface area contributed by atoms with Gasteiger partial charge in [-0.15, -0.1) is 0 Å². The summed E-state index contributed by atoms with van der Waals surface area (Å²) < 4.78 is 21.4. The highest BCUT2D eigenvalue weighted by Crippen LogP contribution is 2.53. The lowest BCUT2D eigenvalue weighted by molar-refractivity contribution is -0.166. The number of esters is 3. The van der Waals surface area contributed by atoms with Crippen molar-refractivity contribution in [1.82, 2.24) is 0 Å². The van der Waals surface area contributed by atoms with E-state index in [0.717, 1.165) is 55.7 Å². The van der Waals surface area contributed by atoms with Gasteiger partial charge in [0, 0.05) is 24.5 Å². The van der Waals surface area contributed by atoms with Gasteiger partial charge in [0.05, 0.1) is 7.11 Å². The number of methoxy groups -OCH3 is 1. The molecule has 0 saturated heterocycles. The van der Waals surface area contributed by atoms with Crippen LogP contribution in [-0.2, 0) is 46.2 Å². The Morgan fingerprint density at radius 1 is 0.704 bits per heavy atom. The quantitative estimate of drug-likeness (QED) is 0.0435. The summed E-state index contributed by atoms with van der Waals surface area (Å²) in [4.78, 5) is 51.8. The molecule has 5 rings (SSSR count). The average molecular weight is 749 g/mol. The Balaban J connectivity index is 1.48. The van der Waals surface area contributed by atoms with Crippen LogP contribution in [0.1, 0.15) is 39.8 Å². The van der Waals surface area contributed by atoms with Crippen molar-refractivity contribution >= 4 is 30.0 Å². The molecule has 0 saturated carbocycles. The fourth-order valence-corrected chi connectivity index (χ4v) is 5.70. The summed E-state index contributed by atoms with van der Waals surface area (Å²) in [5, 5.41) is 89.7. The van der Waals surface area contributed by atoms with Crippen LogP contribution in [-0.4, -0.2) is 89.2 Å². The number of ether oxygens (including phenoxy) is 4. The maximum Gasteiger partial charge on any atom is 0.347 e. The van der Waals surface area contributed by atoms with Gasteiger partial charge in [-0.25, -0.2) is 14.4 Å². The molecule has 4 aromatic carbocycles. The lowest BCUT2D eigenvalue weighted by Crippen LogP contribution is -2.33. The van der Waals surface area contributed by atoms with E-state index in [1.807, 2.05) is 0 Å². The van der Waals surface area contributed by atoms with Gasteiger partial charge in [-0.2, -0.15) is 0 Å². The Morgan fingerprint density at radius 3 is 1.91 bits per heavy atom. The molecule has 1 aliphatic heterocycles. The number of hydrogen-bond donors (Lipinski definition) is 9. The zero-order valence-corrected chi connectivity index (χ0v) is 27.9. The second-order valence-corrected chi connectivity index (χ2v) is 11.9. The third kappa shape index (κ3) is 8.09. The zero-order valence-electron chi connectivity index (χ0n) is 27.9. The molecule has 0 aliphatic carbocycles. The van der Waals surface area contributed by atoms with E-state index in [1.54, 1.807) is 0 Å². The van der Waals surface area contributed by atoms with E-state index >= 15 is 0 Å². The van der Waals surface area contributed by atoms with Crippen molar-refractivity contribution in [3.63, 3.8) is 0 Å². The first-order chi connectivity index (χ1) is 25.6. The lowest BCUT2D eigenvalue weighted by atomic mass is 9.87. The standard InChI is InChI=1S/C37H32O17/c1-51-36(49)28(14-17-11-25(43)32(46)26(44)12-17)52-29(45)9-5-18-3-8-22(40)34-30(18)31(33(54-34)19-4-7-21(39)24(42)15-19)37(50)53-27(35(47)48)13-16-2-6-20(38)23(41)10-16/h2-12,15,27-28,31,33,38-44,46H,13-14H2,1H3,(H,47,48)/b9-5+/t27-,28-,31+,33-/m1/s1. The monoisotopic (exact) mass is 748 g/mol. The fourth-order valence-electron chi connectivity index (χ4n) is 5.70. The molecule has 4 aromatic rings. The maximum atomic E-state index is 14.0. The first-order valence-electron chi connectivity index (χ1n) is 15.8. The van der Waals surface area contributed by atoms with Gasteiger partial charge in [-0.1, -0.05) is 18.2 Å². The van der Waals surface area contributed by atoms with Gasteiger partial charge in [0.2, 0.25) is 12.2 Å². The molecule has 0 amide bonds. The minimum Gasteiger partial charge on any atom is -0.504 e. The SMILES string of the molecule is COC(=O)[C@@H](Cc1cc(O)c(O)c(O)c1)OC(=O)/C=C/c1ccc(O)c2c1[C@H](C(=O)O[C@H](Cc1ccc(O)c(O)c1)C(=O)O)[C@@H](c1ccc(O)c(O)c1)O2. The molecule has 0 aromatic heterocycles. The second-order valence-electron chi connectivity index (χ2n) is 11.9. The Labute approximate surface area is 304 Å². The molecule has 0 spiro atoms. The molecule has 282 valence electrons. The average Bonchev–Trinajstić information content (AvgIpc) is 3.54. The van der Waals surface area contributed by atoms with Crippen LogP contribution in [0.2, 0.25) is 0 Å². The maximum absolute atomic E-state index is 14.0. The summed E-state index contributed by atoms with van der Waals surface area (Å²) in [5.74, 6) is -11.6. The van der Waals surface area contributed by atoms with Crippen LogP contribution in [0.15, 0.2) is 66.7 Å². The Hall–Kier alpha value is -7.30. The lowest BCUT2D eigenvalue weighted by Gasteiger charge is -2.22. The minimum absolute atomic E-state index is 0.0468. The topological polar surface area (TPSA) is 287 Å². The molecule has 0 fully saturated rings. The molecule has 9 N–H and O–H groups in total. The van der Waals surface area contributed by atoms with Crippen LogP contribution in [0.3, 0.4) is 0 Å². The molecule has 4 atom stereocenters. The zero-order chi connectivity index (χ0) is 39.4. The number of carbonyl (C=O) groups is 4. The molecule has 17 heteroatoms. The van der Waals surface area contributed by atoms with E-state index in [0.29, 0.717) is 0 Å². The molecule has 0 bridgehead atoms. The number of hydrogen-bond acceptors (Lipinski definition) is 16. The first-order valence-corrected chi connectivity index (χ1v) is 15.8. The summed E-state index contributed by atoms with van der Waals surface area (Å²) in [7, 11) is 1.03. The molecule has 1 heterocycles. The Morgan fingerprint density at radius 2 is 1.30 bits per heavy atom. The van der Waals surface area contributed by atoms with Gasteiger partial charge in [0.25, 0.3) is 0 Å². The predicted molar refractivity (Wildman–Crippen MR) is 181 cm³/mol. The third-order valence-electron chi connectivity index (χ3n) is 8.32. The van der Waals surface area contributed by atoms with Crippen molar-refractivity contribution in [2.24, 2.45) is 0 Å². The predicted octanol–water partition coefficient (Wildman–Crippen LogP) is 3.13. The summed E-state index contributed by atoms with van der Waals surface area (Å²) in [5.41, 5.74) is 0.300. The molecule has 54 heavy (non-hydrogen) atoms. The summed E-state index contributed by atoms with van der Waals surface area (Å²) in [6.45, 7) is 0. The van der Waals surface area contributed by atoms with Crippen molar-refractivity contribution < 1.29 is 84.1 Å².